The van der Waals surface area contributed by atoms with Crippen LogP contribution in [0.4, 0.5) is 0 Å². The van der Waals surface area contributed by atoms with Gasteiger partial charge < -0.3 is 69.5 Å². The second-order valence-electron chi connectivity index (χ2n) is 14.1. The Kier molecular flexibility index (Phi) is 14.2. The van der Waals surface area contributed by atoms with Crippen molar-refractivity contribution in [2.45, 2.75) is 145 Å². The van der Waals surface area contributed by atoms with Crippen LogP contribution in [0.2, 0.25) is 0 Å². The Morgan fingerprint density at radius 3 is 2.20 bits per heavy atom. The number of aryl methyl sites for hydroxylation is 1. The summed E-state index contributed by atoms with van der Waals surface area (Å²) in [4.78, 5) is 25.2. The molecule has 1 saturated carbocycles. The molecule has 3 saturated heterocycles. The van der Waals surface area contributed by atoms with E-state index in [0.29, 0.717) is 5.56 Å². The van der Waals surface area contributed by atoms with E-state index in [0.717, 1.165) is 37.7 Å². The van der Waals surface area contributed by atoms with E-state index in [1.807, 2.05) is 6.92 Å². The predicted octanol–water partition coefficient (Wildman–Crippen LogP) is -0.641. The SMILES string of the molecule is Cc1ccc(C(=O)NCC2OCCC(OC3OC(CO)C(O)C(OC(CC4CCCCC4)C(=O)O)C3O)C2OC2OC(C)C(O)C(O)C2O)cc1. The third-order valence-corrected chi connectivity index (χ3v) is 10.3. The average molecular weight is 728 g/mol. The van der Waals surface area contributed by atoms with Crippen LogP contribution < -0.4 is 5.32 Å². The molecule has 16 heteroatoms. The minimum atomic E-state index is -1.72. The Bertz CT molecular complexity index is 1260. The van der Waals surface area contributed by atoms with Gasteiger partial charge in [0.1, 0.15) is 54.9 Å². The zero-order valence-electron chi connectivity index (χ0n) is 28.9. The number of hydrogen-bond acceptors (Lipinski definition) is 14. The number of ether oxygens (including phenoxy) is 6. The number of carbonyl (C=O) groups is 2. The molecule has 3 aliphatic heterocycles. The van der Waals surface area contributed by atoms with E-state index in [1.54, 1.807) is 24.3 Å². The second kappa shape index (κ2) is 18.1. The number of aliphatic hydroxyl groups excluding tert-OH is 6. The third kappa shape index (κ3) is 9.82. The number of carboxylic acids is 1. The largest absolute Gasteiger partial charge is 0.479 e. The van der Waals surface area contributed by atoms with Crippen LogP contribution in [0, 0.1) is 12.8 Å². The fraction of sp³-hybridized carbons (Fsp3) is 0.771. The second-order valence-corrected chi connectivity index (χ2v) is 14.1. The molecule has 5 rings (SSSR count). The molecule has 16 nitrogen and oxygen atoms in total. The van der Waals surface area contributed by atoms with E-state index < -0.39 is 104 Å². The van der Waals surface area contributed by atoms with E-state index in [1.165, 1.54) is 6.92 Å². The first-order chi connectivity index (χ1) is 24.4. The van der Waals surface area contributed by atoms with Gasteiger partial charge in [0.2, 0.25) is 0 Å². The van der Waals surface area contributed by atoms with Crippen LogP contribution in [-0.2, 0) is 33.2 Å². The van der Waals surface area contributed by atoms with Crippen LogP contribution in [0.3, 0.4) is 0 Å². The van der Waals surface area contributed by atoms with Gasteiger partial charge in [0, 0.05) is 18.7 Å². The smallest absolute Gasteiger partial charge is 0.332 e. The van der Waals surface area contributed by atoms with Gasteiger partial charge in [0.25, 0.3) is 5.91 Å². The summed E-state index contributed by atoms with van der Waals surface area (Å²) in [5, 5.41) is 76.8. The fourth-order valence-electron chi connectivity index (χ4n) is 7.24. The Labute approximate surface area is 296 Å². The van der Waals surface area contributed by atoms with Crippen molar-refractivity contribution in [3.8, 4) is 0 Å². The van der Waals surface area contributed by atoms with E-state index >= 15 is 0 Å². The van der Waals surface area contributed by atoms with Gasteiger partial charge in [-0.05, 0) is 44.7 Å². The van der Waals surface area contributed by atoms with Crippen molar-refractivity contribution in [1.29, 1.82) is 0 Å². The normalized spacial score (nSPS) is 38.5. The molecule has 4 fully saturated rings. The highest BCUT2D eigenvalue weighted by molar-refractivity contribution is 5.94. The molecule has 1 aromatic carbocycles. The van der Waals surface area contributed by atoms with Gasteiger partial charge in [-0.25, -0.2) is 4.79 Å². The lowest BCUT2D eigenvalue weighted by Crippen LogP contribution is -2.64. The van der Waals surface area contributed by atoms with Crippen LogP contribution >= 0.6 is 0 Å². The molecule has 0 bridgehead atoms. The van der Waals surface area contributed by atoms with Crippen molar-refractivity contribution in [2.24, 2.45) is 5.92 Å². The van der Waals surface area contributed by atoms with Gasteiger partial charge in [-0.3, -0.25) is 4.79 Å². The maximum Gasteiger partial charge on any atom is 0.332 e. The van der Waals surface area contributed by atoms with Crippen molar-refractivity contribution in [2.75, 3.05) is 19.8 Å². The number of carboxylic acid groups (broad SMARTS) is 1. The van der Waals surface area contributed by atoms with Gasteiger partial charge in [0.15, 0.2) is 18.7 Å². The number of aliphatic hydroxyl groups is 6. The first-order valence-corrected chi connectivity index (χ1v) is 17.9. The van der Waals surface area contributed by atoms with Crippen LogP contribution in [0.5, 0.6) is 0 Å². The van der Waals surface area contributed by atoms with E-state index in [2.05, 4.69) is 5.32 Å². The minimum Gasteiger partial charge on any atom is -0.479 e. The van der Waals surface area contributed by atoms with E-state index in [-0.39, 0.29) is 31.9 Å². The maximum absolute atomic E-state index is 13.0. The summed E-state index contributed by atoms with van der Waals surface area (Å²) in [5.41, 5.74) is 1.38. The number of amides is 1. The van der Waals surface area contributed by atoms with Gasteiger partial charge in [0.05, 0.1) is 18.8 Å². The average Bonchev–Trinajstić information content (AvgIpc) is 3.12. The van der Waals surface area contributed by atoms with Crippen LogP contribution in [0.15, 0.2) is 24.3 Å². The Balaban J connectivity index is 1.34. The van der Waals surface area contributed by atoms with Crippen molar-refractivity contribution in [3.63, 3.8) is 0 Å². The van der Waals surface area contributed by atoms with Crippen molar-refractivity contribution in [3.05, 3.63) is 35.4 Å². The van der Waals surface area contributed by atoms with Crippen LogP contribution in [0.25, 0.3) is 0 Å². The zero-order chi connectivity index (χ0) is 36.8. The monoisotopic (exact) mass is 727 g/mol. The third-order valence-electron chi connectivity index (χ3n) is 10.3. The number of aliphatic carboxylic acids is 1. The Morgan fingerprint density at radius 2 is 1.53 bits per heavy atom. The lowest BCUT2D eigenvalue weighted by atomic mass is 9.85. The molecule has 14 atom stereocenters. The number of hydrogen-bond donors (Lipinski definition) is 8. The first-order valence-electron chi connectivity index (χ1n) is 17.9. The lowest BCUT2D eigenvalue weighted by Gasteiger charge is -2.47. The van der Waals surface area contributed by atoms with Gasteiger partial charge in [-0.2, -0.15) is 0 Å². The maximum atomic E-state index is 13.0. The standard InChI is InChI=1S/C35H53NO15/c1-17-8-10-20(11-9-17)32(43)36-15-23-30(51-34-28(41)27(40)25(38)18(2)47-34)21(12-13-46-23)49-35-29(42)31(26(39)24(16-37)50-35)48-22(33(44)45)14-19-6-4-3-5-7-19/h8-11,18-19,21-31,34-35,37-42H,3-7,12-16H2,1-2H3,(H,36,43)(H,44,45). The first kappa shape index (κ1) is 39.9. The quantitative estimate of drug-likeness (QED) is 0.126. The molecule has 1 aliphatic carbocycles. The van der Waals surface area contributed by atoms with Crippen molar-refractivity contribution < 1.29 is 73.8 Å². The lowest BCUT2D eigenvalue weighted by molar-refractivity contribution is -0.355. The molecule has 0 radical (unpaired) electrons. The molecule has 1 amide bonds. The Hall–Kier alpha value is -2.32. The van der Waals surface area contributed by atoms with Gasteiger partial charge >= 0.3 is 5.97 Å². The van der Waals surface area contributed by atoms with Crippen LogP contribution in [-0.4, -0.2) is 153 Å². The molecular formula is C35H53NO15. The van der Waals surface area contributed by atoms with Gasteiger partial charge in [-0.15, -0.1) is 0 Å². The molecule has 0 aromatic heterocycles. The molecule has 0 spiro atoms. The van der Waals surface area contributed by atoms with Crippen molar-refractivity contribution in [1.82, 2.24) is 5.32 Å². The molecule has 14 unspecified atom stereocenters. The van der Waals surface area contributed by atoms with Crippen molar-refractivity contribution >= 4 is 11.9 Å². The van der Waals surface area contributed by atoms with Crippen LogP contribution in [0.1, 0.15) is 67.8 Å². The molecule has 8 N–H and O–H groups in total. The number of benzene rings is 1. The molecular weight excluding hydrogens is 674 g/mol. The van der Waals surface area contributed by atoms with Gasteiger partial charge in [-0.1, -0.05) is 49.8 Å². The highest BCUT2D eigenvalue weighted by Crippen LogP contribution is 2.34. The Morgan fingerprint density at radius 1 is 0.843 bits per heavy atom. The predicted molar refractivity (Wildman–Crippen MR) is 175 cm³/mol. The highest BCUT2D eigenvalue weighted by atomic mass is 16.7. The number of carbonyl (C=O) groups excluding carboxylic acids is 1. The molecule has 4 aliphatic rings. The summed E-state index contributed by atoms with van der Waals surface area (Å²) in [6.07, 6.45) is -14.1. The summed E-state index contributed by atoms with van der Waals surface area (Å²) in [6.45, 7) is 2.69. The summed E-state index contributed by atoms with van der Waals surface area (Å²) < 4.78 is 35.8. The summed E-state index contributed by atoms with van der Waals surface area (Å²) in [6, 6.07) is 6.93. The molecule has 51 heavy (non-hydrogen) atoms. The van der Waals surface area contributed by atoms with E-state index in [9.17, 15) is 45.3 Å². The number of rotatable bonds is 13. The minimum absolute atomic E-state index is 0.0959. The summed E-state index contributed by atoms with van der Waals surface area (Å²) >= 11 is 0. The molecule has 1 aromatic rings. The van der Waals surface area contributed by atoms with E-state index in [4.69, 9.17) is 28.4 Å². The summed E-state index contributed by atoms with van der Waals surface area (Å²) in [7, 11) is 0. The molecule has 288 valence electrons. The summed E-state index contributed by atoms with van der Waals surface area (Å²) in [5.74, 6) is -1.53. The number of nitrogens with one attached hydrogen (secondary N) is 1. The topological polar surface area (TPSA) is 243 Å². The highest BCUT2D eigenvalue weighted by Gasteiger charge is 2.51. The zero-order valence-corrected chi connectivity index (χ0v) is 28.9. The fourth-order valence-corrected chi connectivity index (χ4v) is 7.24. The molecule has 3 heterocycles.